The van der Waals surface area contributed by atoms with Crippen molar-refractivity contribution in [2.45, 2.75) is 13.5 Å². The van der Waals surface area contributed by atoms with E-state index in [9.17, 15) is 0 Å². The van der Waals surface area contributed by atoms with Crippen molar-refractivity contribution in [1.82, 2.24) is 4.98 Å². The molecule has 0 aliphatic rings. The molecule has 3 nitrogen and oxygen atoms in total. The Bertz CT molecular complexity index is 736. The number of aryl methyl sites for hydroxylation is 1. The SMILES string of the molecule is Cc1ccc(Oc2nc3ccccc3cc2CN)cc1. The molecule has 0 amide bonds. The summed E-state index contributed by atoms with van der Waals surface area (Å²) in [7, 11) is 0. The van der Waals surface area contributed by atoms with Crippen molar-refractivity contribution in [2.75, 3.05) is 0 Å². The third-order valence-electron chi connectivity index (χ3n) is 3.22. The molecule has 3 rings (SSSR count). The van der Waals surface area contributed by atoms with Crippen molar-refractivity contribution in [1.29, 1.82) is 0 Å². The minimum absolute atomic E-state index is 0.402. The largest absolute Gasteiger partial charge is 0.439 e. The fourth-order valence-corrected chi connectivity index (χ4v) is 2.09. The zero-order valence-corrected chi connectivity index (χ0v) is 11.3. The number of hydrogen-bond donors (Lipinski definition) is 1. The van der Waals surface area contributed by atoms with Crippen LogP contribution in [0.4, 0.5) is 0 Å². The molecule has 2 N–H and O–H groups in total. The van der Waals surface area contributed by atoms with Gasteiger partial charge in [0.2, 0.25) is 5.88 Å². The third-order valence-corrected chi connectivity index (χ3v) is 3.22. The molecule has 0 fully saturated rings. The van der Waals surface area contributed by atoms with E-state index in [0.717, 1.165) is 22.2 Å². The predicted molar refractivity (Wildman–Crippen MR) is 80.9 cm³/mol. The topological polar surface area (TPSA) is 48.1 Å². The molecule has 3 aromatic rings. The fraction of sp³-hybridized carbons (Fsp3) is 0.118. The highest BCUT2D eigenvalue weighted by Gasteiger charge is 2.08. The summed E-state index contributed by atoms with van der Waals surface area (Å²) in [5, 5.41) is 1.07. The number of aromatic nitrogens is 1. The van der Waals surface area contributed by atoms with Crippen LogP contribution >= 0.6 is 0 Å². The quantitative estimate of drug-likeness (QED) is 0.782. The van der Waals surface area contributed by atoms with Crippen LogP contribution in [0.1, 0.15) is 11.1 Å². The molecule has 2 aromatic carbocycles. The lowest BCUT2D eigenvalue weighted by molar-refractivity contribution is 0.458. The number of benzene rings is 2. The molecule has 0 saturated heterocycles. The second-order valence-electron chi connectivity index (χ2n) is 4.76. The molecule has 20 heavy (non-hydrogen) atoms. The van der Waals surface area contributed by atoms with E-state index in [0.29, 0.717) is 12.4 Å². The van der Waals surface area contributed by atoms with Gasteiger partial charge in [0.15, 0.2) is 0 Å². The van der Waals surface area contributed by atoms with Crippen molar-refractivity contribution in [3.8, 4) is 11.6 Å². The lowest BCUT2D eigenvalue weighted by atomic mass is 10.1. The predicted octanol–water partition coefficient (Wildman–Crippen LogP) is 3.79. The first-order chi connectivity index (χ1) is 9.76. The smallest absolute Gasteiger partial charge is 0.224 e. The van der Waals surface area contributed by atoms with E-state index >= 15 is 0 Å². The molecule has 0 radical (unpaired) electrons. The van der Waals surface area contributed by atoms with Crippen LogP contribution in [-0.2, 0) is 6.54 Å². The molecule has 3 heteroatoms. The van der Waals surface area contributed by atoms with Gasteiger partial charge in [0.05, 0.1) is 5.52 Å². The van der Waals surface area contributed by atoms with Gasteiger partial charge in [-0.1, -0.05) is 35.9 Å². The average molecular weight is 264 g/mol. The van der Waals surface area contributed by atoms with Crippen LogP contribution < -0.4 is 10.5 Å². The van der Waals surface area contributed by atoms with Crippen molar-refractivity contribution >= 4 is 10.9 Å². The molecular weight excluding hydrogens is 248 g/mol. The van der Waals surface area contributed by atoms with Gasteiger partial charge < -0.3 is 10.5 Å². The van der Waals surface area contributed by atoms with Crippen LogP contribution in [0.25, 0.3) is 10.9 Å². The molecule has 100 valence electrons. The minimum Gasteiger partial charge on any atom is -0.439 e. The molecule has 0 aliphatic carbocycles. The average Bonchev–Trinajstić information content (AvgIpc) is 2.49. The lowest BCUT2D eigenvalue weighted by Crippen LogP contribution is -2.01. The number of ether oxygens (including phenoxy) is 1. The molecule has 1 heterocycles. The van der Waals surface area contributed by atoms with Crippen molar-refractivity contribution in [3.63, 3.8) is 0 Å². The second kappa shape index (κ2) is 5.31. The molecule has 1 aromatic heterocycles. The first kappa shape index (κ1) is 12.6. The van der Waals surface area contributed by atoms with Crippen LogP contribution in [0.5, 0.6) is 11.6 Å². The van der Waals surface area contributed by atoms with Crippen LogP contribution in [0.3, 0.4) is 0 Å². The maximum Gasteiger partial charge on any atom is 0.224 e. The van der Waals surface area contributed by atoms with E-state index in [-0.39, 0.29) is 0 Å². The molecular formula is C17H16N2O. The van der Waals surface area contributed by atoms with Crippen LogP contribution in [0.15, 0.2) is 54.6 Å². The lowest BCUT2D eigenvalue weighted by Gasteiger charge is -2.10. The summed E-state index contributed by atoms with van der Waals surface area (Å²) >= 11 is 0. The number of para-hydroxylation sites is 1. The summed E-state index contributed by atoms with van der Waals surface area (Å²) in [5.74, 6) is 1.35. The van der Waals surface area contributed by atoms with Crippen LogP contribution in [0.2, 0.25) is 0 Å². The van der Waals surface area contributed by atoms with Crippen LogP contribution in [-0.4, -0.2) is 4.98 Å². The van der Waals surface area contributed by atoms with E-state index in [1.54, 1.807) is 0 Å². The summed E-state index contributed by atoms with van der Waals surface area (Å²) < 4.78 is 5.87. The van der Waals surface area contributed by atoms with Gasteiger partial charge in [0.1, 0.15) is 5.75 Å². The van der Waals surface area contributed by atoms with E-state index < -0.39 is 0 Å². The van der Waals surface area contributed by atoms with E-state index in [1.165, 1.54) is 5.56 Å². The van der Waals surface area contributed by atoms with Gasteiger partial charge in [-0.3, -0.25) is 0 Å². The Morgan fingerprint density at radius 1 is 1.05 bits per heavy atom. The highest BCUT2D eigenvalue weighted by molar-refractivity contribution is 5.80. The Morgan fingerprint density at radius 3 is 2.55 bits per heavy atom. The normalized spacial score (nSPS) is 10.7. The maximum absolute atomic E-state index is 5.87. The van der Waals surface area contributed by atoms with Gasteiger partial charge in [0, 0.05) is 17.5 Å². The van der Waals surface area contributed by atoms with Crippen molar-refractivity contribution in [2.24, 2.45) is 5.73 Å². The van der Waals surface area contributed by atoms with E-state index in [4.69, 9.17) is 10.5 Å². The Labute approximate surface area is 118 Å². The number of nitrogens with two attached hydrogens (primary N) is 1. The van der Waals surface area contributed by atoms with E-state index in [2.05, 4.69) is 4.98 Å². The van der Waals surface area contributed by atoms with Gasteiger partial charge in [-0.15, -0.1) is 0 Å². The highest BCUT2D eigenvalue weighted by Crippen LogP contribution is 2.26. The number of hydrogen-bond acceptors (Lipinski definition) is 3. The Balaban J connectivity index is 2.03. The Hall–Kier alpha value is -2.39. The summed E-state index contributed by atoms with van der Waals surface area (Å²) in [5.41, 5.74) is 8.81. The molecule has 0 unspecified atom stereocenters. The standard InChI is InChI=1S/C17H16N2O/c1-12-6-8-15(9-7-12)20-17-14(11-18)10-13-4-2-3-5-16(13)19-17/h2-10H,11,18H2,1H3. The van der Waals surface area contributed by atoms with Crippen molar-refractivity contribution in [3.05, 3.63) is 65.7 Å². The van der Waals surface area contributed by atoms with Gasteiger partial charge >= 0.3 is 0 Å². The summed E-state index contributed by atoms with van der Waals surface area (Å²) in [6, 6.07) is 17.9. The first-order valence-electron chi connectivity index (χ1n) is 6.59. The maximum atomic E-state index is 5.87. The molecule has 0 atom stereocenters. The van der Waals surface area contributed by atoms with Crippen LogP contribution in [0, 0.1) is 6.92 Å². The number of nitrogens with zero attached hydrogens (tertiary/aromatic N) is 1. The summed E-state index contributed by atoms with van der Waals surface area (Å²) in [6.07, 6.45) is 0. The molecule has 0 saturated carbocycles. The number of fused-ring (bicyclic) bond motifs is 1. The van der Waals surface area contributed by atoms with Gasteiger partial charge in [-0.25, -0.2) is 4.98 Å². The zero-order chi connectivity index (χ0) is 13.9. The first-order valence-corrected chi connectivity index (χ1v) is 6.59. The molecule has 0 aliphatic heterocycles. The second-order valence-corrected chi connectivity index (χ2v) is 4.76. The molecule has 0 spiro atoms. The van der Waals surface area contributed by atoms with Gasteiger partial charge in [-0.2, -0.15) is 0 Å². The Kier molecular flexibility index (Phi) is 3.35. The Morgan fingerprint density at radius 2 is 1.80 bits per heavy atom. The summed E-state index contributed by atoms with van der Waals surface area (Å²) in [6.45, 7) is 2.45. The molecule has 0 bridgehead atoms. The zero-order valence-electron chi connectivity index (χ0n) is 11.3. The monoisotopic (exact) mass is 264 g/mol. The number of pyridine rings is 1. The summed E-state index contributed by atoms with van der Waals surface area (Å²) in [4.78, 5) is 4.56. The third kappa shape index (κ3) is 2.49. The minimum atomic E-state index is 0.402. The van der Waals surface area contributed by atoms with Crippen molar-refractivity contribution < 1.29 is 4.74 Å². The fourth-order valence-electron chi connectivity index (χ4n) is 2.09. The van der Waals surface area contributed by atoms with Gasteiger partial charge in [-0.05, 0) is 31.2 Å². The highest BCUT2D eigenvalue weighted by atomic mass is 16.5. The van der Waals surface area contributed by atoms with Gasteiger partial charge in [0.25, 0.3) is 0 Å². The number of rotatable bonds is 3. The van der Waals surface area contributed by atoms with E-state index in [1.807, 2.05) is 61.5 Å².